The van der Waals surface area contributed by atoms with Crippen molar-refractivity contribution in [1.82, 2.24) is 10.2 Å². The maximum absolute atomic E-state index is 9.30. The summed E-state index contributed by atoms with van der Waals surface area (Å²) in [6.07, 6.45) is 7.68. The third-order valence-corrected chi connectivity index (χ3v) is 4.12. The van der Waals surface area contributed by atoms with Gasteiger partial charge in [-0.2, -0.15) is 5.26 Å². The third kappa shape index (κ3) is 6.40. The monoisotopic (exact) mass is 265 g/mol. The minimum atomic E-state index is -0.373. The summed E-state index contributed by atoms with van der Waals surface area (Å²) in [6.45, 7) is 8.56. The molecule has 1 saturated carbocycles. The van der Waals surface area contributed by atoms with Crippen LogP contribution in [-0.4, -0.2) is 36.6 Å². The topological polar surface area (TPSA) is 39.1 Å². The molecule has 0 spiro atoms. The van der Waals surface area contributed by atoms with E-state index in [0.717, 1.165) is 25.3 Å². The Hall–Kier alpha value is -0.590. The van der Waals surface area contributed by atoms with Crippen LogP contribution in [0.3, 0.4) is 0 Å². The zero-order valence-electron chi connectivity index (χ0n) is 13.2. The van der Waals surface area contributed by atoms with E-state index in [9.17, 15) is 5.26 Å². The Bertz CT molecular complexity index is 289. The summed E-state index contributed by atoms with van der Waals surface area (Å²) in [5, 5.41) is 12.7. The van der Waals surface area contributed by atoms with Gasteiger partial charge < -0.3 is 4.90 Å². The molecule has 110 valence electrons. The average Bonchev–Trinajstić information content (AvgIpc) is 2.80. The minimum absolute atomic E-state index is 0.362. The molecule has 0 bridgehead atoms. The van der Waals surface area contributed by atoms with Crippen molar-refractivity contribution in [1.29, 1.82) is 5.26 Å². The Labute approximate surface area is 119 Å². The molecule has 0 radical (unpaired) electrons. The average molecular weight is 265 g/mol. The smallest absolute Gasteiger partial charge is 0.104 e. The van der Waals surface area contributed by atoms with Crippen LogP contribution in [0.4, 0.5) is 0 Å². The first-order chi connectivity index (χ1) is 8.95. The zero-order valence-corrected chi connectivity index (χ0v) is 13.2. The second-order valence-electron chi connectivity index (χ2n) is 6.76. The van der Waals surface area contributed by atoms with Crippen LogP contribution in [0.1, 0.15) is 59.3 Å². The van der Waals surface area contributed by atoms with Gasteiger partial charge in [-0.3, -0.25) is 5.32 Å². The molecule has 3 heteroatoms. The molecule has 0 amide bonds. The van der Waals surface area contributed by atoms with Gasteiger partial charge in [-0.15, -0.1) is 0 Å². The number of rotatable bonds is 8. The molecule has 0 aromatic carbocycles. The fourth-order valence-electron chi connectivity index (χ4n) is 3.23. The molecule has 1 aliphatic rings. The van der Waals surface area contributed by atoms with Crippen LogP contribution in [0, 0.1) is 17.2 Å². The van der Waals surface area contributed by atoms with Gasteiger partial charge in [-0.1, -0.05) is 12.8 Å². The van der Waals surface area contributed by atoms with Crippen molar-refractivity contribution < 1.29 is 0 Å². The van der Waals surface area contributed by atoms with E-state index >= 15 is 0 Å². The molecule has 1 rings (SSSR count). The summed E-state index contributed by atoms with van der Waals surface area (Å²) in [5.41, 5.74) is -0.373. The molecule has 1 fully saturated rings. The summed E-state index contributed by atoms with van der Waals surface area (Å²) < 4.78 is 0. The maximum atomic E-state index is 9.30. The molecule has 1 N–H and O–H groups in total. The van der Waals surface area contributed by atoms with E-state index in [1.807, 2.05) is 6.92 Å². The lowest BCUT2D eigenvalue weighted by atomic mass is 9.96. The van der Waals surface area contributed by atoms with Gasteiger partial charge in [-0.25, -0.2) is 0 Å². The van der Waals surface area contributed by atoms with Crippen LogP contribution >= 0.6 is 0 Å². The maximum Gasteiger partial charge on any atom is 0.104 e. The lowest BCUT2D eigenvalue weighted by Gasteiger charge is -2.27. The Morgan fingerprint density at radius 3 is 2.53 bits per heavy atom. The minimum Gasteiger partial charge on any atom is -0.306 e. The van der Waals surface area contributed by atoms with Gasteiger partial charge in [0.05, 0.1) is 6.07 Å². The molecular formula is C16H31N3. The number of hydrogen-bond donors (Lipinski definition) is 1. The first-order valence-electron chi connectivity index (χ1n) is 7.82. The highest BCUT2D eigenvalue weighted by molar-refractivity contribution is 5.04. The number of nitriles is 1. The zero-order chi connectivity index (χ0) is 14.3. The largest absolute Gasteiger partial charge is 0.306 e. The van der Waals surface area contributed by atoms with Crippen LogP contribution < -0.4 is 5.32 Å². The summed E-state index contributed by atoms with van der Waals surface area (Å²) in [7, 11) is 2.22. The van der Waals surface area contributed by atoms with Gasteiger partial charge in [0, 0.05) is 12.6 Å². The van der Waals surface area contributed by atoms with Crippen molar-refractivity contribution in [2.45, 2.75) is 70.9 Å². The number of nitrogens with one attached hydrogen (secondary N) is 1. The summed E-state index contributed by atoms with van der Waals surface area (Å²) in [5.74, 6) is 0.918. The first kappa shape index (κ1) is 16.5. The van der Waals surface area contributed by atoms with Gasteiger partial charge in [0.2, 0.25) is 0 Å². The van der Waals surface area contributed by atoms with Crippen LogP contribution in [0.5, 0.6) is 0 Å². The molecular weight excluding hydrogens is 234 g/mol. The molecule has 19 heavy (non-hydrogen) atoms. The molecule has 0 aromatic heterocycles. The van der Waals surface area contributed by atoms with E-state index in [2.05, 4.69) is 37.2 Å². The van der Waals surface area contributed by atoms with Gasteiger partial charge in [0.25, 0.3) is 0 Å². The number of hydrogen-bond acceptors (Lipinski definition) is 3. The van der Waals surface area contributed by atoms with Crippen molar-refractivity contribution in [2.75, 3.05) is 20.1 Å². The molecule has 0 heterocycles. The normalized spacial score (nSPS) is 19.8. The van der Waals surface area contributed by atoms with Gasteiger partial charge in [0.1, 0.15) is 5.54 Å². The lowest BCUT2D eigenvalue weighted by molar-refractivity contribution is 0.260. The highest BCUT2D eigenvalue weighted by Gasteiger charge is 2.24. The van der Waals surface area contributed by atoms with Crippen LogP contribution in [0.25, 0.3) is 0 Å². The molecule has 1 atom stereocenters. The quantitative estimate of drug-likeness (QED) is 0.732. The Morgan fingerprint density at radius 1 is 1.37 bits per heavy atom. The number of nitrogens with zero attached hydrogens (tertiary/aromatic N) is 2. The predicted molar refractivity (Wildman–Crippen MR) is 81.0 cm³/mol. The van der Waals surface area contributed by atoms with Gasteiger partial charge >= 0.3 is 0 Å². The van der Waals surface area contributed by atoms with Crippen LogP contribution in [-0.2, 0) is 0 Å². The van der Waals surface area contributed by atoms with Crippen molar-refractivity contribution in [3.05, 3.63) is 0 Å². The van der Waals surface area contributed by atoms with Crippen molar-refractivity contribution in [3.63, 3.8) is 0 Å². The highest BCUT2D eigenvalue weighted by atomic mass is 15.1. The fourth-order valence-corrected chi connectivity index (χ4v) is 3.23. The predicted octanol–water partition coefficient (Wildman–Crippen LogP) is 3.17. The van der Waals surface area contributed by atoms with Crippen molar-refractivity contribution in [2.24, 2.45) is 5.92 Å². The van der Waals surface area contributed by atoms with E-state index in [-0.39, 0.29) is 5.54 Å². The Balaban J connectivity index is 2.22. The summed E-state index contributed by atoms with van der Waals surface area (Å²) in [4.78, 5) is 2.45. The molecule has 0 aromatic rings. The van der Waals surface area contributed by atoms with Crippen molar-refractivity contribution >= 4 is 0 Å². The second-order valence-corrected chi connectivity index (χ2v) is 6.76. The standard InChI is InChI=1S/C16H31N3/c1-14(2)18-16(3,13-17)10-7-11-19(4)12-15-8-5-6-9-15/h14-15,18H,5-12H2,1-4H3. The molecule has 1 aliphatic carbocycles. The van der Waals surface area contributed by atoms with E-state index in [4.69, 9.17) is 0 Å². The van der Waals surface area contributed by atoms with E-state index in [1.54, 1.807) is 0 Å². The van der Waals surface area contributed by atoms with E-state index in [1.165, 1.54) is 32.2 Å². The lowest BCUT2D eigenvalue weighted by Crippen LogP contribution is -2.45. The van der Waals surface area contributed by atoms with Crippen LogP contribution in [0.2, 0.25) is 0 Å². The molecule has 0 saturated heterocycles. The molecule has 0 aliphatic heterocycles. The SMILES string of the molecule is CC(C)NC(C)(C#N)CCCN(C)CC1CCCC1. The second kappa shape index (κ2) is 7.87. The van der Waals surface area contributed by atoms with Crippen molar-refractivity contribution in [3.8, 4) is 6.07 Å². The van der Waals surface area contributed by atoms with E-state index in [0.29, 0.717) is 6.04 Å². The van der Waals surface area contributed by atoms with Gasteiger partial charge in [-0.05, 0) is 66.0 Å². The summed E-state index contributed by atoms with van der Waals surface area (Å²) >= 11 is 0. The van der Waals surface area contributed by atoms with Crippen LogP contribution in [0.15, 0.2) is 0 Å². The molecule has 1 unspecified atom stereocenters. The first-order valence-corrected chi connectivity index (χ1v) is 7.82. The Morgan fingerprint density at radius 2 is 2.00 bits per heavy atom. The fraction of sp³-hybridized carbons (Fsp3) is 0.938. The van der Waals surface area contributed by atoms with E-state index < -0.39 is 0 Å². The Kier molecular flexibility index (Phi) is 6.82. The van der Waals surface area contributed by atoms with Gasteiger partial charge in [0.15, 0.2) is 0 Å². The highest BCUT2D eigenvalue weighted by Crippen LogP contribution is 2.25. The summed E-state index contributed by atoms with van der Waals surface area (Å²) in [6, 6.07) is 2.79. The molecule has 3 nitrogen and oxygen atoms in total. The third-order valence-electron chi connectivity index (χ3n) is 4.12.